The highest BCUT2D eigenvalue weighted by Crippen LogP contribution is 2.62. The number of amides is 2. The second kappa shape index (κ2) is 8.53. The largest absolute Gasteiger partial charge is 0.447 e. The lowest BCUT2D eigenvalue weighted by atomic mass is 9.47. The van der Waals surface area contributed by atoms with Gasteiger partial charge >= 0.3 is 5.97 Å². The molecule has 2 aromatic rings. The molecule has 0 radical (unpaired) electrons. The number of ether oxygens (including phenoxy) is 1. The molecule has 4 bridgehead atoms. The van der Waals surface area contributed by atoms with Crippen LogP contribution in [-0.4, -0.2) is 23.3 Å². The number of hydrogen-bond acceptors (Lipinski definition) is 4. The summed E-state index contributed by atoms with van der Waals surface area (Å²) in [6, 6.07) is 14.4. The van der Waals surface area contributed by atoms with Crippen LogP contribution in [0, 0.1) is 23.1 Å². The molecule has 0 heterocycles. The summed E-state index contributed by atoms with van der Waals surface area (Å²) in [6.07, 6.45) is 3.73. The zero-order valence-electron chi connectivity index (χ0n) is 19.2. The van der Waals surface area contributed by atoms with Gasteiger partial charge in [-0.05, 0) is 74.6 Å². The Morgan fingerprint density at radius 1 is 0.971 bits per heavy atom. The number of nitrogens with one attached hydrogen (secondary N) is 2. The molecule has 0 aromatic heterocycles. The number of benzene rings is 2. The van der Waals surface area contributed by atoms with Gasteiger partial charge in [0.25, 0.3) is 5.91 Å². The number of carbonyl (C=O) groups excluding carboxylic acids is 3. The zero-order valence-corrected chi connectivity index (χ0v) is 19.2. The van der Waals surface area contributed by atoms with E-state index in [1.165, 1.54) is 31.2 Å². The summed E-state index contributed by atoms with van der Waals surface area (Å²) in [7, 11) is 0. The van der Waals surface area contributed by atoms with Gasteiger partial charge < -0.3 is 15.4 Å². The monoisotopic (exact) mass is 464 g/mol. The van der Waals surface area contributed by atoms with Crippen LogP contribution < -0.4 is 10.6 Å². The van der Waals surface area contributed by atoms with E-state index in [1.807, 2.05) is 6.07 Å². The first kappa shape index (κ1) is 22.6. The van der Waals surface area contributed by atoms with Gasteiger partial charge in [-0.3, -0.25) is 14.4 Å². The van der Waals surface area contributed by atoms with Crippen molar-refractivity contribution in [3.8, 4) is 0 Å². The SMILES string of the molecule is CC(=O)NC12C[C@H]3C[C@@H](C1)CC(C(=O)O[C@H](C(=O)Nc1ccc(F)cc1)c1ccccc1)(C3)C2. The quantitative estimate of drug-likeness (QED) is 0.616. The molecule has 34 heavy (non-hydrogen) atoms. The van der Waals surface area contributed by atoms with Crippen molar-refractivity contribution in [1.29, 1.82) is 0 Å². The minimum Gasteiger partial charge on any atom is -0.447 e. The van der Waals surface area contributed by atoms with E-state index < -0.39 is 23.2 Å². The van der Waals surface area contributed by atoms with E-state index in [1.54, 1.807) is 24.3 Å². The number of rotatable bonds is 6. The third kappa shape index (κ3) is 4.31. The third-order valence-electron chi connectivity index (χ3n) is 7.61. The molecule has 6 nitrogen and oxygen atoms in total. The molecule has 4 fully saturated rings. The summed E-state index contributed by atoms with van der Waals surface area (Å²) in [5.41, 5.74) is -0.0805. The minimum absolute atomic E-state index is 0.0775. The van der Waals surface area contributed by atoms with Crippen LogP contribution in [0.5, 0.6) is 0 Å². The fraction of sp³-hybridized carbons (Fsp3) is 0.444. The van der Waals surface area contributed by atoms with E-state index in [2.05, 4.69) is 10.6 Å². The maximum Gasteiger partial charge on any atom is 0.313 e. The Labute approximate surface area is 198 Å². The molecule has 2 unspecified atom stereocenters. The molecule has 4 saturated carbocycles. The van der Waals surface area contributed by atoms with E-state index in [4.69, 9.17) is 4.74 Å². The fourth-order valence-corrected chi connectivity index (χ4v) is 6.89. The summed E-state index contributed by atoms with van der Waals surface area (Å²) in [4.78, 5) is 38.9. The van der Waals surface area contributed by atoms with Crippen LogP contribution in [0.4, 0.5) is 10.1 Å². The fourth-order valence-electron chi connectivity index (χ4n) is 6.89. The summed E-state index contributed by atoms with van der Waals surface area (Å²) in [5.74, 6) is -0.620. The molecule has 2 N–H and O–H groups in total. The zero-order chi connectivity index (χ0) is 23.9. The second-order valence-corrected chi connectivity index (χ2v) is 10.4. The normalized spacial score (nSPS) is 29.8. The van der Waals surface area contributed by atoms with E-state index in [0.29, 0.717) is 29.5 Å². The first-order valence-electron chi connectivity index (χ1n) is 11.9. The van der Waals surface area contributed by atoms with Crippen molar-refractivity contribution in [3.63, 3.8) is 0 Å². The predicted octanol–water partition coefficient (Wildman–Crippen LogP) is 4.52. The van der Waals surface area contributed by atoms with Crippen molar-refractivity contribution in [2.45, 2.75) is 57.1 Å². The van der Waals surface area contributed by atoms with Crippen LogP contribution in [0.1, 0.15) is 57.1 Å². The van der Waals surface area contributed by atoms with Crippen molar-refractivity contribution in [2.24, 2.45) is 17.3 Å². The van der Waals surface area contributed by atoms with Gasteiger partial charge in [0.05, 0.1) is 5.41 Å². The van der Waals surface area contributed by atoms with Crippen LogP contribution in [-0.2, 0) is 19.1 Å². The van der Waals surface area contributed by atoms with Gasteiger partial charge in [-0.15, -0.1) is 0 Å². The van der Waals surface area contributed by atoms with Crippen LogP contribution in [0.15, 0.2) is 54.6 Å². The third-order valence-corrected chi connectivity index (χ3v) is 7.61. The molecule has 5 atom stereocenters. The standard InChI is InChI=1S/C27H29FN2O4/c1-17(31)30-27-14-18-11-19(15-27)13-26(12-18,16-27)25(33)34-23(20-5-3-2-4-6-20)24(32)29-22-9-7-21(28)8-10-22/h2-10,18-19,23H,11-16H2,1H3,(H,29,32)(H,30,31)/t18-,19+,23-,26?,27?/m0/s1. The maximum atomic E-state index is 13.7. The predicted molar refractivity (Wildman–Crippen MR) is 124 cm³/mol. The molecule has 4 aliphatic carbocycles. The number of carbonyl (C=O) groups is 3. The number of esters is 1. The average molecular weight is 465 g/mol. The first-order chi connectivity index (χ1) is 16.3. The smallest absolute Gasteiger partial charge is 0.313 e. The molecule has 0 aliphatic heterocycles. The lowest BCUT2D eigenvalue weighted by Gasteiger charge is -2.60. The van der Waals surface area contributed by atoms with Gasteiger partial charge in [0.15, 0.2) is 0 Å². The Morgan fingerprint density at radius 3 is 2.24 bits per heavy atom. The number of hydrogen-bond donors (Lipinski definition) is 2. The minimum atomic E-state index is -1.14. The van der Waals surface area contributed by atoms with Gasteiger partial charge in [0.1, 0.15) is 5.82 Å². The average Bonchev–Trinajstić information content (AvgIpc) is 2.77. The van der Waals surface area contributed by atoms with E-state index >= 15 is 0 Å². The van der Waals surface area contributed by atoms with Crippen molar-refractivity contribution < 1.29 is 23.5 Å². The lowest BCUT2D eigenvalue weighted by molar-refractivity contribution is -0.182. The van der Waals surface area contributed by atoms with Gasteiger partial charge in [-0.1, -0.05) is 30.3 Å². The molecule has 2 aromatic carbocycles. The summed E-state index contributed by atoms with van der Waals surface area (Å²) >= 11 is 0. The van der Waals surface area contributed by atoms with E-state index in [9.17, 15) is 18.8 Å². The van der Waals surface area contributed by atoms with E-state index in [-0.39, 0.29) is 17.4 Å². The van der Waals surface area contributed by atoms with Crippen LogP contribution in [0.2, 0.25) is 0 Å². The van der Waals surface area contributed by atoms with Crippen LogP contribution in [0.3, 0.4) is 0 Å². The molecule has 2 amide bonds. The van der Waals surface area contributed by atoms with Gasteiger partial charge in [0, 0.05) is 23.7 Å². The Balaban J connectivity index is 1.40. The van der Waals surface area contributed by atoms with Gasteiger partial charge in [-0.2, -0.15) is 0 Å². The highest BCUT2D eigenvalue weighted by atomic mass is 19.1. The highest BCUT2D eigenvalue weighted by molar-refractivity contribution is 5.96. The molecular weight excluding hydrogens is 435 g/mol. The molecule has 178 valence electrons. The number of anilines is 1. The lowest BCUT2D eigenvalue weighted by Crippen LogP contribution is -2.64. The van der Waals surface area contributed by atoms with Crippen LogP contribution >= 0.6 is 0 Å². The molecule has 7 heteroatoms. The second-order valence-electron chi connectivity index (χ2n) is 10.4. The molecule has 0 saturated heterocycles. The van der Waals surface area contributed by atoms with E-state index in [0.717, 1.165) is 32.1 Å². The van der Waals surface area contributed by atoms with Gasteiger partial charge in [0.2, 0.25) is 12.0 Å². The number of halogens is 1. The molecule has 6 rings (SSSR count). The maximum absolute atomic E-state index is 13.7. The Morgan fingerprint density at radius 2 is 1.62 bits per heavy atom. The molecule has 4 aliphatic rings. The van der Waals surface area contributed by atoms with Gasteiger partial charge in [-0.25, -0.2) is 4.39 Å². The molecular formula is C27H29FN2O4. The first-order valence-corrected chi connectivity index (χ1v) is 11.9. The Kier molecular flexibility index (Phi) is 5.66. The molecule has 0 spiro atoms. The van der Waals surface area contributed by atoms with Crippen molar-refractivity contribution in [1.82, 2.24) is 5.32 Å². The Bertz CT molecular complexity index is 1090. The summed E-state index contributed by atoms with van der Waals surface area (Å²) in [5, 5.41) is 5.90. The highest BCUT2D eigenvalue weighted by Gasteiger charge is 2.62. The van der Waals surface area contributed by atoms with Crippen molar-refractivity contribution >= 4 is 23.5 Å². The Hall–Kier alpha value is -3.22. The summed E-state index contributed by atoms with van der Waals surface area (Å²) < 4.78 is 19.3. The topological polar surface area (TPSA) is 84.5 Å². The van der Waals surface area contributed by atoms with Crippen LogP contribution in [0.25, 0.3) is 0 Å². The van der Waals surface area contributed by atoms with Crippen molar-refractivity contribution in [2.75, 3.05) is 5.32 Å². The summed E-state index contributed by atoms with van der Waals surface area (Å²) in [6.45, 7) is 1.52. The van der Waals surface area contributed by atoms with Crippen molar-refractivity contribution in [3.05, 3.63) is 66.0 Å².